The summed E-state index contributed by atoms with van der Waals surface area (Å²) in [4.78, 5) is 14.8. The second-order valence-electron chi connectivity index (χ2n) is 6.51. The maximum atomic E-state index is 12.9. The minimum atomic E-state index is 0.0510. The molecule has 1 atom stereocenters. The van der Waals surface area contributed by atoms with Gasteiger partial charge >= 0.3 is 0 Å². The lowest BCUT2D eigenvalue weighted by Crippen LogP contribution is -2.37. The maximum Gasteiger partial charge on any atom is 0.237 e. The van der Waals surface area contributed by atoms with Crippen molar-refractivity contribution in [1.29, 1.82) is 0 Å². The molecule has 0 spiro atoms. The molecule has 1 aromatic heterocycles. The second-order valence-corrected chi connectivity index (χ2v) is 7.45. The summed E-state index contributed by atoms with van der Waals surface area (Å²) in [5.74, 6) is 1.01. The lowest BCUT2D eigenvalue weighted by molar-refractivity contribution is -0.116. The van der Waals surface area contributed by atoms with E-state index in [1.165, 1.54) is 17.3 Å². The fraction of sp³-hybridized carbons (Fsp3) is 0.300. The Morgan fingerprint density at radius 1 is 1.18 bits per heavy atom. The van der Waals surface area contributed by atoms with E-state index < -0.39 is 0 Å². The van der Waals surface area contributed by atoms with Crippen molar-refractivity contribution in [2.45, 2.75) is 31.5 Å². The van der Waals surface area contributed by atoms with Gasteiger partial charge < -0.3 is 9.64 Å². The summed E-state index contributed by atoms with van der Waals surface area (Å²) < 4.78 is 7.29. The molecule has 0 radical (unpaired) electrons. The summed E-state index contributed by atoms with van der Waals surface area (Å²) >= 11 is 1.33. The third-order valence-corrected chi connectivity index (χ3v) is 5.54. The summed E-state index contributed by atoms with van der Waals surface area (Å²) in [6, 6.07) is 15.8. The van der Waals surface area contributed by atoms with Crippen molar-refractivity contribution in [3.8, 4) is 11.4 Å². The molecule has 7 nitrogen and oxygen atoms in total. The van der Waals surface area contributed by atoms with E-state index in [1.807, 2.05) is 54.3 Å². The van der Waals surface area contributed by atoms with Crippen LogP contribution in [0.1, 0.15) is 19.4 Å². The number of fused-ring (bicyclic) bond motifs is 1. The van der Waals surface area contributed by atoms with Crippen LogP contribution in [0.4, 0.5) is 5.69 Å². The highest BCUT2D eigenvalue weighted by Crippen LogP contribution is 2.33. The van der Waals surface area contributed by atoms with Gasteiger partial charge in [-0.15, -0.1) is 5.10 Å². The molecule has 1 amide bonds. The summed E-state index contributed by atoms with van der Waals surface area (Å²) in [6.07, 6.45) is 0.881. The Hall–Kier alpha value is -2.87. The smallest absolute Gasteiger partial charge is 0.237 e. The first-order valence-electron chi connectivity index (χ1n) is 9.22. The molecular weight excluding hydrogens is 374 g/mol. The number of carbonyl (C=O) groups is 1. The largest absolute Gasteiger partial charge is 0.492 e. The molecule has 3 aromatic rings. The summed E-state index contributed by atoms with van der Waals surface area (Å²) in [5.41, 5.74) is 2.97. The van der Waals surface area contributed by atoms with Crippen LogP contribution >= 0.6 is 11.8 Å². The van der Waals surface area contributed by atoms with Gasteiger partial charge in [-0.3, -0.25) is 4.79 Å². The Kier molecular flexibility index (Phi) is 5.29. The molecule has 28 heavy (non-hydrogen) atoms. The fourth-order valence-corrected chi connectivity index (χ4v) is 4.21. The number of tetrazole rings is 1. The van der Waals surface area contributed by atoms with E-state index in [9.17, 15) is 4.79 Å². The Balaban J connectivity index is 1.52. The zero-order valence-electron chi connectivity index (χ0n) is 15.8. The van der Waals surface area contributed by atoms with Crippen molar-refractivity contribution in [3.05, 3.63) is 54.1 Å². The van der Waals surface area contributed by atoms with Gasteiger partial charge in [0.05, 0.1) is 12.4 Å². The van der Waals surface area contributed by atoms with E-state index in [2.05, 4.69) is 28.5 Å². The van der Waals surface area contributed by atoms with Gasteiger partial charge in [-0.05, 0) is 54.5 Å². The topological polar surface area (TPSA) is 73.1 Å². The highest BCUT2D eigenvalue weighted by Gasteiger charge is 2.30. The standard InChI is InChI=1S/C20H21N5O2S/c1-3-27-18-11-7-6-10-17(18)25-20(21-22-23-25)28-13-19(26)24-14(2)12-15-8-4-5-9-16(15)24/h4-11,14H,3,12-13H2,1-2H3/t14-/m1/s1. The van der Waals surface area contributed by atoms with Crippen LogP contribution in [0.3, 0.4) is 0 Å². The molecule has 0 saturated carbocycles. The number of benzene rings is 2. The number of hydrogen-bond acceptors (Lipinski definition) is 6. The van der Waals surface area contributed by atoms with Crippen LogP contribution in [0.15, 0.2) is 53.7 Å². The van der Waals surface area contributed by atoms with Crippen molar-refractivity contribution < 1.29 is 9.53 Å². The molecule has 0 fully saturated rings. The molecule has 0 aliphatic carbocycles. The zero-order chi connectivity index (χ0) is 19.5. The van der Waals surface area contributed by atoms with E-state index in [0.717, 1.165) is 17.8 Å². The van der Waals surface area contributed by atoms with Gasteiger partial charge in [-0.2, -0.15) is 4.68 Å². The molecule has 8 heteroatoms. The normalized spacial score (nSPS) is 15.5. The minimum absolute atomic E-state index is 0.0510. The van der Waals surface area contributed by atoms with E-state index in [4.69, 9.17) is 4.74 Å². The van der Waals surface area contributed by atoms with Gasteiger partial charge in [0.2, 0.25) is 11.1 Å². The van der Waals surface area contributed by atoms with Crippen molar-refractivity contribution in [2.75, 3.05) is 17.3 Å². The second kappa shape index (κ2) is 8.02. The van der Waals surface area contributed by atoms with Gasteiger partial charge in [-0.25, -0.2) is 0 Å². The third kappa shape index (κ3) is 3.47. The van der Waals surface area contributed by atoms with Gasteiger partial charge in [-0.1, -0.05) is 42.1 Å². The monoisotopic (exact) mass is 395 g/mol. The fourth-order valence-electron chi connectivity index (χ4n) is 3.47. The van der Waals surface area contributed by atoms with Gasteiger partial charge in [0.25, 0.3) is 0 Å². The Morgan fingerprint density at radius 2 is 1.93 bits per heavy atom. The number of ether oxygens (including phenoxy) is 1. The average Bonchev–Trinajstić information content (AvgIpc) is 3.30. The number of thioether (sulfide) groups is 1. The van der Waals surface area contributed by atoms with Crippen molar-refractivity contribution >= 4 is 23.4 Å². The number of hydrogen-bond donors (Lipinski definition) is 0. The molecule has 144 valence electrons. The van der Waals surface area contributed by atoms with Crippen molar-refractivity contribution in [3.63, 3.8) is 0 Å². The van der Waals surface area contributed by atoms with Gasteiger partial charge in [0.15, 0.2) is 0 Å². The number of anilines is 1. The van der Waals surface area contributed by atoms with E-state index in [-0.39, 0.29) is 17.7 Å². The molecule has 1 aliphatic rings. The molecule has 2 aromatic carbocycles. The molecule has 2 heterocycles. The number of amides is 1. The lowest BCUT2D eigenvalue weighted by Gasteiger charge is -2.22. The van der Waals surface area contributed by atoms with Crippen molar-refractivity contribution in [1.82, 2.24) is 20.2 Å². The SMILES string of the molecule is CCOc1ccccc1-n1nnnc1SCC(=O)N1c2ccccc2C[C@H]1C. The highest BCUT2D eigenvalue weighted by atomic mass is 32.2. The molecule has 0 saturated heterocycles. The number of aromatic nitrogens is 4. The van der Waals surface area contributed by atoms with Crippen LogP contribution in [0.5, 0.6) is 5.75 Å². The van der Waals surface area contributed by atoms with Crippen molar-refractivity contribution in [2.24, 2.45) is 0 Å². The average molecular weight is 395 g/mol. The van der Waals surface area contributed by atoms with Crippen LogP contribution in [0.25, 0.3) is 5.69 Å². The van der Waals surface area contributed by atoms with E-state index >= 15 is 0 Å². The first-order valence-corrected chi connectivity index (χ1v) is 10.2. The molecular formula is C20H21N5O2S. The Labute approximate surface area is 167 Å². The zero-order valence-corrected chi connectivity index (χ0v) is 16.6. The number of nitrogens with zero attached hydrogens (tertiary/aromatic N) is 5. The molecule has 1 aliphatic heterocycles. The van der Waals surface area contributed by atoms with E-state index in [0.29, 0.717) is 17.5 Å². The van der Waals surface area contributed by atoms with Gasteiger partial charge in [0, 0.05) is 11.7 Å². The van der Waals surface area contributed by atoms with Crippen LogP contribution in [0.2, 0.25) is 0 Å². The summed E-state index contributed by atoms with van der Waals surface area (Å²) in [7, 11) is 0. The maximum absolute atomic E-state index is 12.9. The summed E-state index contributed by atoms with van der Waals surface area (Å²) in [5, 5.41) is 12.5. The molecule has 0 unspecified atom stereocenters. The molecule has 4 rings (SSSR count). The van der Waals surface area contributed by atoms with E-state index in [1.54, 1.807) is 4.68 Å². The lowest BCUT2D eigenvalue weighted by atomic mass is 10.1. The number of rotatable bonds is 6. The highest BCUT2D eigenvalue weighted by molar-refractivity contribution is 7.99. The van der Waals surface area contributed by atoms with Crippen LogP contribution in [0, 0.1) is 0 Å². The third-order valence-electron chi connectivity index (χ3n) is 4.63. The quantitative estimate of drug-likeness (QED) is 0.597. The van der Waals surface area contributed by atoms with Crippen LogP contribution in [-0.2, 0) is 11.2 Å². The minimum Gasteiger partial charge on any atom is -0.492 e. The van der Waals surface area contributed by atoms with Gasteiger partial charge in [0.1, 0.15) is 11.4 Å². The van der Waals surface area contributed by atoms with Crippen LogP contribution in [-0.4, -0.2) is 44.5 Å². The Morgan fingerprint density at radius 3 is 2.75 bits per heavy atom. The Bertz CT molecular complexity index is 990. The number of para-hydroxylation sites is 3. The molecule has 0 N–H and O–H groups in total. The molecule has 0 bridgehead atoms. The predicted molar refractivity (Wildman–Crippen MR) is 108 cm³/mol. The number of carbonyl (C=O) groups excluding carboxylic acids is 1. The summed E-state index contributed by atoms with van der Waals surface area (Å²) in [6.45, 7) is 4.55. The van der Waals surface area contributed by atoms with Crippen LogP contribution < -0.4 is 9.64 Å². The first kappa shape index (κ1) is 18.5. The first-order chi connectivity index (χ1) is 13.7. The predicted octanol–water partition coefficient (Wildman–Crippen LogP) is 3.13.